The number of likely N-dealkylation sites (tertiary alicyclic amines) is 1. The van der Waals surface area contributed by atoms with Crippen molar-refractivity contribution in [1.82, 2.24) is 9.88 Å². The molecule has 0 aliphatic carbocycles. The van der Waals surface area contributed by atoms with Gasteiger partial charge in [0.05, 0.1) is 0 Å². The Morgan fingerprint density at radius 1 is 1.24 bits per heavy atom. The van der Waals surface area contributed by atoms with Crippen LogP contribution in [-0.2, 0) is 6.42 Å². The summed E-state index contributed by atoms with van der Waals surface area (Å²) in [6, 6.07) is 11.6. The second kappa shape index (κ2) is 6.75. The van der Waals surface area contributed by atoms with Crippen molar-refractivity contribution in [2.75, 3.05) is 19.9 Å². The van der Waals surface area contributed by atoms with Crippen molar-refractivity contribution in [3.63, 3.8) is 0 Å². The van der Waals surface area contributed by atoms with Crippen molar-refractivity contribution >= 4 is 5.91 Å². The molecule has 0 spiro atoms. The van der Waals surface area contributed by atoms with Gasteiger partial charge in [-0.15, -0.1) is 0 Å². The number of rotatable bonds is 3. The molecule has 1 amide bonds. The maximum atomic E-state index is 12.9. The molecular formula is C20H22N2O3. The Hall–Kier alpha value is -2.56. The average molecular weight is 338 g/mol. The molecule has 2 aliphatic rings. The van der Waals surface area contributed by atoms with Crippen molar-refractivity contribution in [1.29, 1.82) is 0 Å². The third kappa shape index (κ3) is 3.45. The number of carbonyl (C=O) groups is 1. The first-order valence-electron chi connectivity index (χ1n) is 8.80. The van der Waals surface area contributed by atoms with E-state index in [9.17, 15) is 4.79 Å². The molecule has 0 unspecified atom stereocenters. The van der Waals surface area contributed by atoms with E-state index < -0.39 is 0 Å². The Morgan fingerprint density at radius 3 is 3.00 bits per heavy atom. The summed E-state index contributed by atoms with van der Waals surface area (Å²) >= 11 is 0. The van der Waals surface area contributed by atoms with E-state index in [4.69, 9.17) is 9.47 Å². The molecule has 1 fully saturated rings. The SMILES string of the molecule is Cc1cccc(C[C@H]2CCCN(C(=O)c3ccc4c(c3)OCO4)C2)n1. The van der Waals surface area contributed by atoms with Crippen molar-refractivity contribution in [2.24, 2.45) is 5.92 Å². The van der Waals surface area contributed by atoms with Crippen LogP contribution in [0.4, 0.5) is 0 Å². The number of hydrogen-bond donors (Lipinski definition) is 0. The van der Waals surface area contributed by atoms with Crippen molar-refractivity contribution in [3.8, 4) is 11.5 Å². The summed E-state index contributed by atoms with van der Waals surface area (Å²) in [6.07, 6.45) is 3.10. The average Bonchev–Trinajstić information content (AvgIpc) is 3.09. The first-order valence-corrected chi connectivity index (χ1v) is 8.80. The van der Waals surface area contributed by atoms with E-state index in [1.165, 1.54) is 0 Å². The predicted octanol–water partition coefficient (Wildman–Crippen LogP) is 3.21. The Bertz CT molecular complexity index is 790. The minimum atomic E-state index is 0.0696. The molecule has 0 bridgehead atoms. The van der Waals surface area contributed by atoms with Crippen LogP contribution in [0, 0.1) is 12.8 Å². The number of fused-ring (bicyclic) bond motifs is 1. The van der Waals surface area contributed by atoms with Gasteiger partial charge in [-0.3, -0.25) is 9.78 Å². The fourth-order valence-corrected chi connectivity index (χ4v) is 3.64. The van der Waals surface area contributed by atoms with E-state index in [1.807, 2.05) is 30.0 Å². The lowest BCUT2D eigenvalue weighted by molar-refractivity contribution is 0.0672. The number of amides is 1. The van der Waals surface area contributed by atoms with Crippen LogP contribution in [-0.4, -0.2) is 35.7 Å². The van der Waals surface area contributed by atoms with Gasteiger partial charge in [-0.2, -0.15) is 0 Å². The molecule has 130 valence electrons. The fourth-order valence-electron chi connectivity index (χ4n) is 3.64. The molecule has 1 saturated heterocycles. The lowest BCUT2D eigenvalue weighted by atomic mass is 9.92. The smallest absolute Gasteiger partial charge is 0.254 e. The molecule has 5 nitrogen and oxygen atoms in total. The van der Waals surface area contributed by atoms with E-state index >= 15 is 0 Å². The van der Waals surface area contributed by atoms with Gasteiger partial charge in [-0.05, 0) is 62.4 Å². The van der Waals surface area contributed by atoms with Gasteiger partial charge in [-0.25, -0.2) is 0 Å². The number of aryl methyl sites for hydroxylation is 1. The first-order chi connectivity index (χ1) is 12.2. The summed E-state index contributed by atoms with van der Waals surface area (Å²) in [5.74, 6) is 1.89. The standard InChI is InChI=1S/C20H22N2O3/c1-14-4-2-6-17(21-14)10-15-5-3-9-22(12-15)20(23)16-7-8-18-19(11-16)25-13-24-18/h2,4,6-8,11,15H,3,5,9-10,12-13H2,1H3/t15-/m1/s1. The summed E-state index contributed by atoms with van der Waals surface area (Å²) in [5, 5.41) is 0. The van der Waals surface area contributed by atoms with Crippen LogP contribution in [0.25, 0.3) is 0 Å². The van der Waals surface area contributed by atoms with Crippen molar-refractivity contribution in [3.05, 3.63) is 53.3 Å². The molecule has 0 saturated carbocycles. The molecule has 25 heavy (non-hydrogen) atoms. The van der Waals surface area contributed by atoms with E-state index in [2.05, 4.69) is 17.1 Å². The molecule has 4 rings (SSSR count). The molecule has 0 N–H and O–H groups in total. The first kappa shape index (κ1) is 15.9. The molecular weight excluding hydrogens is 316 g/mol. The van der Waals surface area contributed by atoms with E-state index in [0.717, 1.165) is 43.7 Å². The van der Waals surface area contributed by atoms with Gasteiger partial charge in [0.25, 0.3) is 5.91 Å². The summed E-state index contributed by atoms with van der Waals surface area (Å²) in [6.45, 7) is 3.83. The topological polar surface area (TPSA) is 51.7 Å². The second-order valence-corrected chi connectivity index (χ2v) is 6.80. The number of hydrogen-bond acceptors (Lipinski definition) is 4. The highest BCUT2D eigenvalue weighted by molar-refractivity contribution is 5.95. The van der Waals surface area contributed by atoms with Crippen LogP contribution in [0.2, 0.25) is 0 Å². The van der Waals surface area contributed by atoms with Gasteiger partial charge in [0.15, 0.2) is 11.5 Å². The third-order valence-electron chi connectivity index (χ3n) is 4.87. The molecule has 2 aromatic rings. The highest BCUT2D eigenvalue weighted by Gasteiger charge is 2.26. The van der Waals surface area contributed by atoms with Gasteiger partial charge in [-0.1, -0.05) is 6.07 Å². The minimum Gasteiger partial charge on any atom is -0.454 e. The predicted molar refractivity (Wildman–Crippen MR) is 93.9 cm³/mol. The van der Waals surface area contributed by atoms with Crippen molar-refractivity contribution < 1.29 is 14.3 Å². The highest BCUT2D eigenvalue weighted by atomic mass is 16.7. The number of nitrogens with zero attached hydrogens (tertiary/aromatic N) is 2. The van der Waals surface area contributed by atoms with Gasteiger partial charge in [0, 0.05) is 30.0 Å². The second-order valence-electron chi connectivity index (χ2n) is 6.80. The molecule has 3 heterocycles. The maximum Gasteiger partial charge on any atom is 0.254 e. The van der Waals surface area contributed by atoms with Gasteiger partial charge in [0.1, 0.15) is 0 Å². The van der Waals surface area contributed by atoms with E-state index in [1.54, 1.807) is 6.07 Å². The van der Waals surface area contributed by atoms with Gasteiger partial charge >= 0.3 is 0 Å². The molecule has 5 heteroatoms. The molecule has 1 aromatic carbocycles. The van der Waals surface area contributed by atoms with E-state index in [0.29, 0.717) is 23.0 Å². The van der Waals surface area contributed by atoms with Gasteiger partial charge < -0.3 is 14.4 Å². The van der Waals surface area contributed by atoms with Crippen molar-refractivity contribution in [2.45, 2.75) is 26.2 Å². The number of pyridine rings is 1. The zero-order valence-electron chi connectivity index (χ0n) is 14.4. The normalized spacial score (nSPS) is 19.1. The molecule has 0 radical (unpaired) electrons. The minimum absolute atomic E-state index is 0.0696. The fraction of sp³-hybridized carbons (Fsp3) is 0.400. The maximum absolute atomic E-state index is 12.9. The number of piperidine rings is 1. The Morgan fingerprint density at radius 2 is 2.12 bits per heavy atom. The summed E-state index contributed by atoms with van der Waals surface area (Å²) < 4.78 is 10.7. The molecule has 1 atom stereocenters. The number of ether oxygens (including phenoxy) is 2. The Kier molecular flexibility index (Phi) is 4.30. The summed E-state index contributed by atoms with van der Waals surface area (Å²) in [4.78, 5) is 19.4. The quantitative estimate of drug-likeness (QED) is 0.862. The van der Waals surface area contributed by atoms with Gasteiger partial charge in [0.2, 0.25) is 6.79 Å². The number of carbonyl (C=O) groups excluding carboxylic acids is 1. The Labute approximate surface area is 147 Å². The molecule has 2 aliphatic heterocycles. The van der Waals surface area contributed by atoms with Crippen LogP contribution in [0.15, 0.2) is 36.4 Å². The number of benzene rings is 1. The lowest BCUT2D eigenvalue weighted by Crippen LogP contribution is -2.40. The Balaban J connectivity index is 1.44. The van der Waals surface area contributed by atoms with Crippen LogP contribution >= 0.6 is 0 Å². The van der Waals surface area contributed by atoms with Crippen LogP contribution < -0.4 is 9.47 Å². The largest absolute Gasteiger partial charge is 0.454 e. The monoisotopic (exact) mass is 338 g/mol. The third-order valence-corrected chi connectivity index (χ3v) is 4.87. The zero-order valence-corrected chi connectivity index (χ0v) is 14.4. The number of aromatic nitrogens is 1. The lowest BCUT2D eigenvalue weighted by Gasteiger charge is -2.33. The molecule has 1 aromatic heterocycles. The summed E-state index contributed by atoms with van der Waals surface area (Å²) in [5.41, 5.74) is 2.82. The zero-order chi connectivity index (χ0) is 17.2. The highest BCUT2D eigenvalue weighted by Crippen LogP contribution is 2.33. The summed E-state index contributed by atoms with van der Waals surface area (Å²) in [7, 11) is 0. The van der Waals surface area contributed by atoms with Crippen LogP contribution in [0.1, 0.15) is 34.6 Å². The van der Waals surface area contributed by atoms with Crippen LogP contribution in [0.5, 0.6) is 11.5 Å². The van der Waals surface area contributed by atoms with Crippen LogP contribution in [0.3, 0.4) is 0 Å². The van der Waals surface area contributed by atoms with E-state index in [-0.39, 0.29) is 12.7 Å².